The van der Waals surface area contributed by atoms with E-state index in [0.29, 0.717) is 47.3 Å². The molecule has 3 saturated heterocycles. The minimum Gasteiger partial charge on any atom is -0.497 e. The summed E-state index contributed by atoms with van der Waals surface area (Å²) in [7, 11) is 1.52. The number of hydrogen-bond acceptors (Lipinski definition) is 11. The van der Waals surface area contributed by atoms with Gasteiger partial charge in [-0.2, -0.15) is 5.26 Å². The lowest BCUT2D eigenvalue weighted by molar-refractivity contribution is -0.134. The largest absolute Gasteiger partial charge is 0.497 e. The highest BCUT2D eigenvalue weighted by Crippen LogP contribution is 2.31. The Morgan fingerprint density at radius 2 is 1.09 bits per heavy atom. The van der Waals surface area contributed by atoms with Gasteiger partial charge in [0.15, 0.2) is 17.3 Å². The number of benzene rings is 5. The molecule has 3 aliphatic rings. The molecular formula is C60H66FN7O10. The summed E-state index contributed by atoms with van der Waals surface area (Å²) < 4.78 is 18.1. The van der Waals surface area contributed by atoms with Gasteiger partial charge in [-0.15, -0.1) is 0 Å². The Kier molecular flexibility index (Phi) is 19.8. The molecule has 3 N–H and O–H groups in total. The average Bonchev–Trinajstić information content (AvgIpc) is 3.87. The van der Waals surface area contributed by atoms with E-state index in [1.165, 1.54) is 31.4 Å². The highest BCUT2D eigenvalue weighted by atomic mass is 19.1. The van der Waals surface area contributed by atoms with Crippen molar-refractivity contribution in [3.05, 3.63) is 172 Å². The van der Waals surface area contributed by atoms with E-state index in [4.69, 9.17) is 4.74 Å². The molecule has 3 atom stereocenters. The van der Waals surface area contributed by atoms with Gasteiger partial charge in [-0.3, -0.25) is 43.5 Å². The fourth-order valence-electron chi connectivity index (χ4n) is 8.82. The standard InChI is InChI=1S/C22H21N3O4.C21H21FN2O3.C16H20N2O3.CH4/c1-14-7-8-15(16(9-14)12-23)10-18(26)13-25-20(27)22(2,24-21(25)28)17-5-4-6-19(11-17)29-3;1-21(12-11-15-5-3-2-4-6-15)19(26)24(20(27)23-21)14-18(25)13-16-7-9-17(22)10-8-16;1-4-16(3)14(20)18(15(21)17-16)10-13(19)9-12-7-5-11(2)6-8-12;/h4-9,11H,10,13H2,1-3H3,(H,24,28);2-10H,11-14H2,1H3,(H,23,27);5-8H,4,9-10H2,1-3H3,(H,17,21);1H4. The second kappa shape index (κ2) is 25.8. The first-order valence-electron chi connectivity index (χ1n) is 25.0. The van der Waals surface area contributed by atoms with E-state index in [2.05, 4.69) is 22.0 Å². The summed E-state index contributed by atoms with van der Waals surface area (Å²) in [5.74, 6) is -1.81. The molecule has 3 fully saturated rings. The van der Waals surface area contributed by atoms with E-state index in [1.807, 2.05) is 81.4 Å². The summed E-state index contributed by atoms with van der Waals surface area (Å²) in [4.78, 5) is 114. The summed E-state index contributed by atoms with van der Waals surface area (Å²) in [6.45, 7) is 9.80. The lowest BCUT2D eigenvalue weighted by atomic mass is 9.92. The van der Waals surface area contributed by atoms with Crippen LogP contribution in [-0.2, 0) is 60.0 Å². The predicted molar refractivity (Wildman–Crippen MR) is 289 cm³/mol. The smallest absolute Gasteiger partial charge is 0.325 e. The molecule has 9 amide bonds. The van der Waals surface area contributed by atoms with Gasteiger partial charge in [0.05, 0.1) is 38.4 Å². The van der Waals surface area contributed by atoms with Crippen molar-refractivity contribution in [3.63, 3.8) is 0 Å². The SMILES string of the molecule is C.CC1(CCc2ccccc2)NC(=O)N(CC(=O)Cc2ccc(F)cc2)C1=O.CCC1(C)NC(=O)N(CC(=O)Cc2ccc(C)cc2)C1=O.COc1cccc(C2(C)NC(=O)N(CC(=O)Cc3ccc(C)cc3C#N)C2=O)c1. The maximum Gasteiger partial charge on any atom is 0.325 e. The third-order valence-corrected chi connectivity index (χ3v) is 13.7. The van der Waals surface area contributed by atoms with Crippen LogP contribution in [0.4, 0.5) is 18.8 Å². The van der Waals surface area contributed by atoms with Crippen LogP contribution in [0, 0.1) is 31.0 Å². The van der Waals surface area contributed by atoms with Crippen molar-refractivity contribution in [1.82, 2.24) is 30.7 Å². The molecule has 0 bridgehead atoms. The fraction of sp³-hybridized carbons (Fsp3) is 0.333. The van der Waals surface area contributed by atoms with Crippen LogP contribution in [0.25, 0.3) is 0 Å². The molecule has 17 nitrogen and oxygen atoms in total. The number of nitrogens with one attached hydrogen (secondary N) is 3. The Balaban J connectivity index is 0.000000217. The Labute approximate surface area is 454 Å². The van der Waals surface area contributed by atoms with Crippen molar-refractivity contribution in [3.8, 4) is 11.8 Å². The number of aryl methyl sites for hydroxylation is 3. The highest BCUT2D eigenvalue weighted by Gasteiger charge is 2.50. The third kappa shape index (κ3) is 14.5. The van der Waals surface area contributed by atoms with Gasteiger partial charge in [-0.05, 0) is 118 Å². The number of nitriles is 1. The van der Waals surface area contributed by atoms with Gasteiger partial charge in [0.25, 0.3) is 17.7 Å². The number of hydrogen-bond donors (Lipinski definition) is 3. The van der Waals surface area contributed by atoms with Crippen LogP contribution in [0.1, 0.15) is 92.5 Å². The molecule has 18 heteroatoms. The lowest BCUT2D eigenvalue weighted by Crippen LogP contribution is -2.44. The van der Waals surface area contributed by atoms with Crippen molar-refractivity contribution in [2.45, 2.75) is 104 Å². The molecule has 0 saturated carbocycles. The van der Waals surface area contributed by atoms with Crippen LogP contribution in [0.5, 0.6) is 5.75 Å². The number of rotatable bonds is 18. The number of ketones is 3. The zero-order valence-electron chi connectivity index (χ0n) is 44.2. The number of imide groups is 3. The van der Waals surface area contributed by atoms with Crippen LogP contribution in [0.15, 0.2) is 121 Å². The monoisotopic (exact) mass is 1060 g/mol. The summed E-state index contributed by atoms with van der Waals surface area (Å²) in [5, 5.41) is 17.3. The molecule has 0 aromatic heterocycles. The van der Waals surface area contributed by atoms with E-state index in [9.17, 15) is 52.8 Å². The summed E-state index contributed by atoms with van der Waals surface area (Å²) in [6, 6.07) is 35.4. The van der Waals surface area contributed by atoms with Gasteiger partial charge in [-0.25, -0.2) is 18.8 Å². The number of methoxy groups -OCH3 is 1. The number of amides is 9. The summed E-state index contributed by atoms with van der Waals surface area (Å²) in [6.07, 6.45) is 1.82. The Bertz CT molecular complexity index is 3130. The van der Waals surface area contributed by atoms with Crippen molar-refractivity contribution < 1.29 is 52.3 Å². The molecule has 408 valence electrons. The first-order chi connectivity index (χ1) is 36.5. The van der Waals surface area contributed by atoms with Crippen LogP contribution in [0.3, 0.4) is 0 Å². The zero-order valence-corrected chi connectivity index (χ0v) is 44.2. The van der Waals surface area contributed by atoms with Crippen LogP contribution >= 0.6 is 0 Å². The molecule has 0 radical (unpaired) electrons. The normalized spacial score (nSPS) is 19.3. The van der Waals surface area contributed by atoms with Crippen LogP contribution in [-0.4, -0.2) is 106 Å². The number of carbonyl (C=O) groups is 9. The topological polar surface area (TPSA) is 232 Å². The lowest BCUT2D eigenvalue weighted by Gasteiger charge is -2.22. The first kappa shape index (κ1) is 60.0. The Morgan fingerprint density at radius 1 is 0.590 bits per heavy atom. The van der Waals surface area contributed by atoms with Gasteiger partial charge in [0.1, 0.15) is 28.2 Å². The zero-order chi connectivity index (χ0) is 56.2. The molecule has 0 spiro atoms. The molecule has 5 aromatic rings. The van der Waals surface area contributed by atoms with Gasteiger partial charge in [0, 0.05) is 19.3 Å². The predicted octanol–water partition coefficient (Wildman–Crippen LogP) is 7.80. The van der Waals surface area contributed by atoms with E-state index in [-0.39, 0.29) is 75.4 Å². The quantitative estimate of drug-likeness (QED) is 0.0717. The van der Waals surface area contributed by atoms with Crippen LogP contribution < -0.4 is 20.7 Å². The molecule has 3 heterocycles. The first-order valence-corrected chi connectivity index (χ1v) is 25.0. The van der Waals surface area contributed by atoms with Crippen molar-refractivity contribution in [2.24, 2.45) is 0 Å². The van der Waals surface area contributed by atoms with E-state index in [0.717, 1.165) is 37.0 Å². The summed E-state index contributed by atoms with van der Waals surface area (Å²) in [5.41, 5.74) is 3.00. The van der Waals surface area contributed by atoms with Crippen LogP contribution in [0.2, 0.25) is 0 Å². The number of carbonyl (C=O) groups excluding carboxylic acids is 9. The summed E-state index contributed by atoms with van der Waals surface area (Å²) >= 11 is 0. The van der Waals surface area contributed by atoms with E-state index >= 15 is 0 Å². The molecule has 8 rings (SSSR count). The van der Waals surface area contributed by atoms with Crippen molar-refractivity contribution in [2.75, 3.05) is 26.7 Å². The number of ether oxygens (including phenoxy) is 1. The minimum atomic E-state index is -1.28. The van der Waals surface area contributed by atoms with E-state index < -0.39 is 46.5 Å². The third-order valence-electron chi connectivity index (χ3n) is 13.7. The minimum absolute atomic E-state index is 0. The Morgan fingerprint density at radius 3 is 1.63 bits per heavy atom. The van der Waals surface area contributed by atoms with Crippen molar-refractivity contribution >= 4 is 53.2 Å². The van der Waals surface area contributed by atoms with Gasteiger partial charge in [0.2, 0.25) is 0 Å². The maximum atomic E-state index is 13.0. The molecular weight excluding hydrogens is 998 g/mol. The second-order valence-corrected chi connectivity index (χ2v) is 19.9. The Hall–Kier alpha value is -8.85. The maximum absolute atomic E-state index is 13.0. The average molecular weight is 1060 g/mol. The van der Waals surface area contributed by atoms with Gasteiger partial charge < -0.3 is 20.7 Å². The van der Waals surface area contributed by atoms with Crippen molar-refractivity contribution in [1.29, 1.82) is 5.26 Å². The molecule has 0 aliphatic carbocycles. The molecule has 78 heavy (non-hydrogen) atoms. The second-order valence-electron chi connectivity index (χ2n) is 19.9. The van der Waals surface area contributed by atoms with E-state index in [1.54, 1.807) is 57.2 Å². The number of urea groups is 3. The fourth-order valence-corrected chi connectivity index (χ4v) is 8.82. The number of halogens is 1. The number of Topliss-reactive ketones (excluding diaryl/α,β-unsaturated/α-hetero) is 3. The molecule has 3 aliphatic heterocycles. The van der Waals surface area contributed by atoms with Gasteiger partial charge >= 0.3 is 18.1 Å². The molecule has 3 unspecified atom stereocenters. The number of nitrogens with zero attached hydrogens (tertiary/aromatic N) is 4. The highest BCUT2D eigenvalue weighted by molar-refractivity contribution is 6.11. The molecule has 5 aromatic carbocycles. The van der Waals surface area contributed by atoms with Gasteiger partial charge in [-0.1, -0.05) is 111 Å².